The van der Waals surface area contributed by atoms with Crippen LogP contribution in [0.5, 0.6) is 0 Å². The second kappa shape index (κ2) is 25.9. The van der Waals surface area contributed by atoms with Crippen LogP contribution in [0.15, 0.2) is 383 Å². The van der Waals surface area contributed by atoms with Crippen LogP contribution in [-0.2, 0) is 0 Å². The first-order chi connectivity index (χ1) is 52.6. The molecule has 0 unspecified atom stereocenters. The van der Waals surface area contributed by atoms with Crippen LogP contribution in [0.1, 0.15) is 0 Å². The Morgan fingerprint density at radius 3 is 0.972 bits per heavy atom. The SMILES string of the molecule is c1ccc(-c2ccc(-n3c4ccccc4c4cc(-c5ccc6c(c5)c5ccccc5n6-c5nc(-c6ccccc6)cc(-c6ccccc6)n5)ccc43)cc2)cc1.c1ccc(-c2ccc(-n3c4ccccc4c4ccc(-c5ccc6c7ccccc7n(-c7ncc(-c8ccccc8)cn7)c6c5)cc43)nc2)cc1. The molecule has 0 saturated carbocycles. The quantitative estimate of drug-likeness (QED) is 0.129. The average molecular weight is 1350 g/mol. The lowest BCUT2D eigenvalue weighted by Crippen LogP contribution is -2.03. The zero-order chi connectivity index (χ0) is 70.0. The normalized spacial score (nSPS) is 11.6. The fourth-order valence-electron chi connectivity index (χ4n) is 15.6. The van der Waals surface area contributed by atoms with Gasteiger partial charge >= 0.3 is 0 Å². The number of benzene rings is 14. The molecule has 0 spiro atoms. The molecule has 0 bridgehead atoms. The molecule has 106 heavy (non-hydrogen) atoms. The average Bonchev–Trinajstić information content (AvgIpc) is 1.60. The molecule has 0 amide bonds. The first kappa shape index (κ1) is 61.5. The van der Waals surface area contributed by atoms with Crippen molar-refractivity contribution in [2.45, 2.75) is 0 Å². The van der Waals surface area contributed by atoms with E-state index >= 15 is 0 Å². The Morgan fingerprint density at radius 2 is 0.491 bits per heavy atom. The van der Waals surface area contributed by atoms with Gasteiger partial charge in [0.05, 0.1) is 55.5 Å². The Bertz CT molecular complexity index is 6630. The van der Waals surface area contributed by atoms with Crippen LogP contribution in [-0.4, -0.2) is 43.2 Å². The minimum absolute atomic E-state index is 0.647. The molecule has 7 heterocycles. The van der Waals surface area contributed by atoms with E-state index < -0.39 is 0 Å². The summed E-state index contributed by atoms with van der Waals surface area (Å²) in [4.78, 5) is 25.2. The van der Waals surface area contributed by atoms with Crippen molar-refractivity contribution >= 4 is 87.2 Å². The molecule has 9 nitrogen and oxygen atoms in total. The van der Waals surface area contributed by atoms with E-state index in [1.165, 1.54) is 54.7 Å². The Labute approximate surface area is 610 Å². The maximum Gasteiger partial charge on any atom is 0.235 e. The van der Waals surface area contributed by atoms with Crippen molar-refractivity contribution in [3.05, 3.63) is 383 Å². The monoisotopic (exact) mass is 1350 g/mol. The van der Waals surface area contributed by atoms with Crippen LogP contribution in [0.4, 0.5) is 0 Å². The molecule has 9 heteroatoms. The van der Waals surface area contributed by atoms with Gasteiger partial charge in [-0.05, 0) is 136 Å². The summed E-state index contributed by atoms with van der Waals surface area (Å²) in [5.74, 6) is 2.18. The Balaban J connectivity index is 0.000000141. The third-order valence-electron chi connectivity index (χ3n) is 20.7. The van der Waals surface area contributed by atoms with E-state index in [0.717, 1.165) is 122 Å². The van der Waals surface area contributed by atoms with Crippen molar-refractivity contribution in [2.24, 2.45) is 0 Å². The molecule has 496 valence electrons. The van der Waals surface area contributed by atoms with Crippen molar-refractivity contribution in [3.63, 3.8) is 0 Å². The molecular formula is C97H63N9. The number of nitrogens with zero attached hydrogens (tertiary/aromatic N) is 9. The molecule has 0 saturated heterocycles. The van der Waals surface area contributed by atoms with Crippen molar-refractivity contribution < 1.29 is 0 Å². The standard InChI is InChI=1S/C52H34N4.C45H29N5/c1-4-14-35(15-5-1)36-24-28-41(29-25-36)55-48-22-12-10-20-42(48)44-32-39(26-30-50(44)55)40-27-31-51-45(33-40)43-21-11-13-23-49(43)56(51)52-53-46(37-16-6-2-7-17-37)34-47(54-52)38-18-8-3-9-19-38;1-3-11-30(12-4-1)34-21-24-44(46-27-34)49-40-17-9-7-15-36(40)38-22-19-32(25-42(38)49)33-20-23-39-37-16-8-10-18-41(37)50(43(39)26-33)45-47-28-35(29-48-45)31-13-5-2-6-14-31/h1-34H;1-29H. The van der Waals surface area contributed by atoms with E-state index in [4.69, 9.17) is 24.9 Å². The summed E-state index contributed by atoms with van der Waals surface area (Å²) < 4.78 is 9.05. The zero-order valence-electron chi connectivity index (χ0n) is 57.4. The van der Waals surface area contributed by atoms with Gasteiger partial charge in [-0.1, -0.05) is 273 Å². The highest BCUT2D eigenvalue weighted by Crippen LogP contribution is 2.42. The fourth-order valence-corrected chi connectivity index (χ4v) is 15.6. The predicted molar refractivity (Wildman–Crippen MR) is 437 cm³/mol. The van der Waals surface area contributed by atoms with Crippen LogP contribution in [0.25, 0.3) is 189 Å². The van der Waals surface area contributed by atoms with Gasteiger partial charge in [-0.15, -0.1) is 0 Å². The number of para-hydroxylation sites is 4. The van der Waals surface area contributed by atoms with E-state index in [1.54, 1.807) is 0 Å². The molecule has 0 atom stereocenters. The number of rotatable bonds is 11. The van der Waals surface area contributed by atoms with Crippen LogP contribution >= 0.6 is 0 Å². The molecule has 0 aliphatic rings. The van der Waals surface area contributed by atoms with Crippen LogP contribution in [0.3, 0.4) is 0 Å². The highest BCUT2D eigenvalue weighted by atomic mass is 15.2. The number of aromatic nitrogens is 9. The first-order valence-electron chi connectivity index (χ1n) is 35.8. The first-order valence-corrected chi connectivity index (χ1v) is 35.8. The molecule has 21 aromatic rings. The van der Waals surface area contributed by atoms with Gasteiger partial charge in [-0.3, -0.25) is 13.7 Å². The summed E-state index contributed by atoms with van der Waals surface area (Å²) in [6, 6.07) is 129. The van der Waals surface area contributed by atoms with Gasteiger partial charge < -0.3 is 4.57 Å². The van der Waals surface area contributed by atoms with E-state index in [-0.39, 0.29) is 0 Å². The van der Waals surface area contributed by atoms with Crippen LogP contribution < -0.4 is 0 Å². The van der Waals surface area contributed by atoms with E-state index in [9.17, 15) is 0 Å². The fraction of sp³-hybridized carbons (Fsp3) is 0. The molecule has 0 radical (unpaired) electrons. The molecule has 21 rings (SSSR count). The van der Waals surface area contributed by atoms with Crippen molar-refractivity contribution in [2.75, 3.05) is 0 Å². The molecule has 14 aromatic carbocycles. The molecule has 0 aliphatic carbocycles. The minimum atomic E-state index is 0.647. The topological polar surface area (TPSA) is 84.2 Å². The number of hydrogen-bond donors (Lipinski definition) is 0. The smallest absolute Gasteiger partial charge is 0.235 e. The van der Waals surface area contributed by atoms with Crippen molar-refractivity contribution in [1.82, 2.24) is 43.2 Å². The van der Waals surface area contributed by atoms with Crippen LogP contribution in [0, 0.1) is 0 Å². The van der Waals surface area contributed by atoms with Gasteiger partial charge in [-0.2, -0.15) is 0 Å². The summed E-state index contributed by atoms with van der Waals surface area (Å²) in [6.07, 6.45) is 5.79. The van der Waals surface area contributed by atoms with Crippen molar-refractivity contribution in [1.29, 1.82) is 0 Å². The Hall–Kier alpha value is -14.4. The molecule has 0 fully saturated rings. The van der Waals surface area contributed by atoms with Gasteiger partial charge in [0.25, 0.3) is 0 Å². The lowest BCUT2D eigenvalue weighted by atomic mass is 10.0. The molecular weight excluding hydrogens is 1290 g/mol. The van der Waals surface area contributed by atoms with E-state index in [0.29, 0.717) is 11.9 Å². The third kappa shape index (κ3) is 10.8. The maximum absolute atomic E-state index is 5.21. The van der Waals surface area contributed by atoms with Gasteiger partial charge in [0.15, 0.2) is 0 Å². The molecule has 0 aliphatic heterocycles. The highest BCUT2D eigenvalue weighted by Gasteiger charge is 2.22. The van der Waals surface area contributed by atoms with Gasteiger partial charge in [0.1, 0.15) is 5.82 Å². The minimum Gasteiger partial charge on any atom is -0.309 e. The predicted octanol–water partition coefficient (Wildman–Crippen LogP) is 24.4. The number of hydrogen-bond acceptors (Lipinski definition) is 5. The summed E-state index contributed by atoms with van der Waals surface area (Å²) in [6.45, 7) is 0. The number of pyridine rings is 1. The van der Waals surface area contributed by atoms with Gasteiger partial charge in [0, 0.05) is 89.6 Å². The summed E-state index contributed by atoms with van der Waals surface area (Å²) in [5.41, 5.74) is 25.3. The highest BCUT2D eigenvalue weighted by molar-refractivity contribution is 6.14. The summed E-state index contributed by atoms with van der Waals surface area (Å²) >= 11 is 0. The maximum atomic E-state index is 5.21. The lowest BCUT2D eigenvalue weighted by Gasteiger charge is -2.12. The Kier molecular flexibility index (Phi) is 15.0. The lowest BCUT2D eigenvalue weighted by molar-refractivity contribution is 0.990. The van der Waals surface area contributed by atoms with E-state index in [1.807, 2.05) is 55.0 Å². The molecule has 0 N–H and O–H groups in total. The number of fused-ring (bicyclic) bond motifs is 12. The summed E-state index contributed by atoms with van der Waals surface area (Å²) in [5, 5.41) is 9.52. The van der Waals surface area contributed by atoms with Crippen molar-refractivity contribution in [3.8, 4) is 102 Å². The Morgan fingerprint density at radius 1 is 0.170 bits per heavy atom. The second-order valence-corrected chi connectivity index (χ2v) is 26.8. The molecule has 7 aromatic heterocycles. The second-order valence-electron chi connectivity index (χ2n) is 26.8. The third-order valence-corrected chi connectivity index (χ3v) is 20.7. The zero-order valence-corrected chi connectivity index (χ0v) is 57.4. The van der Waals surface area contributed by atoms with Gasteiger partial charge in [0.2, 0.25) is 11.9 Å². The summed E-state index contributed by atoms with van der Waals surface area (Å²) in [7, 11) is 0. The van der Waals surface area contributed by atoms with Crippen LogP contribution in [0.2, 0.25) is 0 Å². The van der Waals surface area contributed by atoms with Gasteiger partial charge in [-0.25, -0.2) is 24.9 Å². The van der Waals surface area contributed by atoms with E-state index in [2.05, 4.69) is 346 Å². The largest absolute Gasteiger partial charge is 0.309 e.